The van der Waals surface area contributed by atoms with Crippen molar-refractivity contribution in [3.05, 3.63) is 156 Å². The molecular formula is C38H26S2. The minimum Gasteiger partial charge on any atom is -0.144 e. The maximum Gasteiger partial charge on any atom is 0.0355 e. The third kappa shape index (κ3) is 4.42. The Morgan fingerprint density at radius 1 is 0.250 bits per heavy atom. The van der Waals surface area contributed by atoms with E-state index in [9.17, 15) is 0 Å². The lowest BCUT2D eigenvalue weighted by molar-refractivity contribution is 1.54. The van der Waals surface area contributed by atoms with Crippen LogP contribution in [0.5, 0.6) is 0 Å². The average molecular weight is 547 g/mol. The molecule has 0 fully saturated rings. The van der Waals surface area contributed by atoms with E-state index < -0.39 is 0 Å². The molecule has 0 unspecified atom stereocenters. The van der Waals surface area contributed by atoms with Crippen LogP contribution in [0.25, 0.3) is 65.4 Å². The first-order valence-corrected chi connectivity index (χ1v) is 15.2. The summed E-state index contributed by atoms with van der Waals surface area (Å²) in [5, 5.41) is 4.38. The summed E-state index contributed by atoms with van der Waals surface area (Å²) in [6, 6.07) is 52.6. The molecule has 0 atom stereocenters. The minimum atomic E-state index is 1.22. The van der Waals surface area contributed by atoms with Gasteiger partial charge in [-0.15, -0.1) is 22.7 Å². The van der Waals surface area contributed by atoms with Crippen LogP contribution < -0.4 is 0 Å². The molecule has 2 heterocycles. The first kappa shape index (κ1) is 24.5. The molecule has 0 aliphatic heterocycles. The van der Waals surface area contributed by atoms with Gasteiger partial charge in [0.25, 0.3) is 0 Å². The van der Waals surface area contributed by atoms with Gasteiger partial charge in [-0.05, 0) is 67.4 Å². The zero-order valence-electron chi connectivity index (χ0n) is 21.8. The molecule has 0 bridgehead atoms. The van der Waals surface area contributed by atoms with Crippen LogP contribution >= 0.6 is 22.7 Å². The van der Waals surface area contributed by atoms with Gasteiger partial charge in [0.1, 0.15) is 0 Å². The van der Waals surface area contributed by atoms with Crippen molar-refractivity contribution in [1.29, 1.82) is 0 Å². The first-order valence-electron chi connectivity index (χ1n) is 13.4. The van der Waals surface area contributed by atoms with Crippen LogP contribution in [0.4, 0.5) is 0 Å². The van der Waals surface area contributed by atoms with Crippen LogP contribution in [0.1, 0.15) is 0 Å². The van der Waals surface area contributed by atoms with Crippen LogP contribution in [-0.4, -0.2) is 0 Å². The molecule has 190 valence electrons. The van der Waals surface area contributed by atoms with Crippen LogP contribution in [0.3, 0.4) is 0 Å². The highest BCUT2D eigenvalue weighted by Crippen LogP contribution is 2.56. The number of hydrogen-bond donors (Lipinski definition) is 0. The fourth-order valence-corrected chi connectivity index (χ4v) is 7.22. The monoisotopic (exact) mass is 546 g/mol. The van der Waals surface area contributed by atoms with E-state index in [0.29, 0.717) is 0 Å². The van der Waals surface area contributed by atoms with E-state index >= 15 is 0 Å². The van der Waals surface area contributed by atoms with Crippen molar-refractivity contribution < 1.29 is 0 Å². The fourth-order valence-electron chi connectivity index (χ4n) is 5.66. The molecule has 2 heteroatoms. The van der Waals surface area contributed by atoms with Gasteiger partial charge >= 0.3 is 0 Å². The van der Waals surface area contributed by atoms with Crippen LogP contribution in [0.2, 0.25) is 0 Å². The Balaban J connectivity index is 1.80. The van der Waals surface area contributed by atoms with Gasteiger partial charge in [0.2, 0.25) is 0 Å². The summed E-state index contributed by atoms with van der Waals surface area (Å²) in [7, 11) is 0. The lowest BCUT2D eigenvalue weighted by Crippen LogP contribution is -2.00. The Hall–Kier alpha value is -4.50. The summed E-state index contributed by atoms with van der Waals surface area (Å²) < 4.78 is 0. The summed E-state index contributed by atoms with van der Waals surface area (Å²) in [5.41, 5.74) is 12.5. The molecule has 0 aliphatic rings. The van der Waals surface area contributed by atoms with Crippen molar-refractivity contribution in [2.75, 3.05) is 0 Å². The molecule has 0 saturated heterocycles. The zero-order chi connectivity index (χ0) is 26.7. The molecule has 7 aromatic rings. The molecule has 5 aromatic carbocycles. The van der Waals surface area contributed by atoms with Crippen molar-refractivity contribution in [2.45, 2.75) is 0 Å². The van der Waals surface area contributed by atoms with Crippen molar-refractivity contribution in [3.8, 4) is 65.4 Å². The zero-order valence-corrected chi connectivity index (χ0v) is 23.5. The van der Waals surface area contributed by atoms with Crippen LogP contribution in [-0.2, 0) is 0 Å². The van der Waals surface area contributed by atoms with E-state index in [-0.39, 0.29) is 0 Å². The van der Waals surface area contributed by atoms with Gasteiger partial charge in [-0.2, -0.15) is 0 Å². The molecular weight excluding hydrogens is 521 g/mol. The smallest absolute Gasteiger partial charge is 0.0355 e. The van der Waals surface area contributed by atoms with Gasteiger partial charge in [0, 0.05) is 20.9 Å². The summed E-state index contributed by atoms with van der Waals surface area (Å²) in [6.07, 6.45) is 0. The van der Waals surface area contributed by atoms with Gasteiger partial charge < -0.3 is 0 Å². The van der Waals surface area contributed by atoms with E-state index in [1.54, 1.807) is 0 Å². The summed E-state index contributed by atoms with van der Waals surface area (Å²) in [4.78, 5) is 2.55. The largest absolute Gasteiger partial charge is 0.144 e. The number of benzene rings is 5. The van der Waals surface area contributed by atoms with E-state index in [2.05, 4.69) is 156 Å². The molecule has 0 spiro atoms. The average Bonchev–Trinajstić information content (AvgIpc) is 3.77. The van der Waals surface area contributed by atoms with Crippen molar-refractivity contribution in [2.24, 2.45) is 0 Å². The fraction of sp³-hybridized carbons (Fsp3) is 0. The Morgan fingerprint density at radius 3 is 0.775 bits per heavy atom. The highest BCUT2D eigenvalue weighted by molar-refractivity contribution is 7.14. The van der Waals surface area contributed by atoms with Crippen LogP contribution in [0, 0.1) is 0 Å². The second kappa shape index (κ2) is 10.9. The van der Waals surface area contributed by atoms with Gasteiger partial charge in [0.15, 0.2) is 0 Å². The SMILES string of the molecule is c1ccc(-c2c(-c3ccccc3)c(-c3ccccc3)c(-c3cccs3)c(-c3cccs3)c2-c2ccccc2)cc1. The lowest BCUT2D eigenvalue weighted by Gasteiger charge is -2.27. The van der Waals surface area contributed by atoms with Gasteiger partial charge in [0.05, 0.1) is 0 Å². The second-order valence-corrected chi connectivity index (χ2v) is 11.6. The highest BCUT2D eigenvalue weighted by atomic mass is 32.1. The topological polar surface area (TPSA) is 0 Å². The molecule has 7 rings (SSSR count). The molecule has 40 heavy (non-hydrogen) atoms. The predicted molar refractivity (Wildman–Crippen MR) is 175 cm³/mol. The van der Waals surface area contributed by atoms with Crippen molar-refractivity contribution in [3.63, 3.8) is 0 Å². The van der Waals surface area contributed by atoms with Crippen LogP contribution in [0.15, 0.2) is 156 Å². The number of hydrogen-bond acceptors (Lipinski definition) is 2. The van der Waals surface area contributed by atoms with Crippen molar-refractivity contribution in [1.82, 2.24) is 0 Å². The number of rotatable bonds is 6. The quantitative estimate of drug-likeness (QED) is 0.195. The van der Waals surface area contributed by atoms with E-state index in [1.165, 1.54) is 65.4 Å². The minimum absolute atomic E-state index is 1.22. The summed E-state index contributed by atoms with van der Waals surface area (Å²) in [5.74, 6) is 0. The van der Waals surface area contributed by atoms with Crippen molar-refractivity contribution >= 4 is 22.7 Å². The molecule has 2 aromatic heterocycles. The summed E-state index contributed by atoms with van der Waals surface area (Å²) >= 11 is 3.62. The van der Waals surface area contributed by atoms with Gasteiger partial charge in [-0.1, -0.05) is 133 Å². The normalized spacial score (nSPS) is 11.0. The standard InChI is InChI=1S/C38H26S2/c1-5-15-27(16-6-1)33-34(28-17-7-2-8-18-28)36(30-21-11-4-12-22-30)38(32-24-14-26-40-32)37(31-23-13-25-39-31)35(33)29-19-9-3-10-20-29/h1-26H. The third-order valence-corrected chi connectivity index (χ3v) is 9.06. The van der Waals surface area contributed by atoms with E-state index in [4.69, 9.17) is 0 Å². The molecule has 0 saturated carbocycles. The number of thiophene rings is 2. The third-order valence-electron chi connectivity index (χ3n) is 7.29. The first-order chi connectivity index (χ1) is 19.9. The highest BCUT2D eigenvalue weighted by Gasteiger charge is 2.29. The lowest BCUT2D eigenvalue weighted by atomic mass is 9.76. The Bertz CT molecular complexity index is 1700. The maximum absolute atomic E-state index is 2.27. The molecule has 0 radical (unpaired) electrons. The van der Waals surface area contributed by atoms with E-state index in [1.807, 2.05) is 22.7 Å². The molecule has 0 N–H and O–H groups in total. The molecule has 0 amide bonds. The maximum atomic E-state index is 2.27. The Kier molecular flexibility index (Phi) is 6.71. The molecule has 0 aliphatic carbocycles. The second-order valence-electron chi connectivity index (χ2n) is 9.67. The summed E-state index contributed by atoms with van der Waals surface area (Å²) in [6.45, 7) is 0. The predicted octanol–water partition coefficient (Wildman–Crippen LogP) is 11.8. The van der Waals surface area contributed by atoms with Gasteiger partial charge in [-0.3, -0.25) is 0 Å². The Morgan fingerprint density at radius 2 is 0.525 bits per heavy atom. The molecule has 0 nitrogen and oxygen atoms in total. The van der Waals surface area contributed by atoms with Gasteiger partial charge in [-0.25, -0.2) is 0 Å². The Labute approximate surface area is 243 Å². The van der Waals surface area contributed by atoms with E-state index in [0.717, 1.165) is 0 Å².